The highest BCUT2D eigenvalue weighted by atomic mass is 32.1. The van der Waals surface area contributed by atoms with Crippen LogP contribution in [0.1, 0.15) is 19.8 Å². The highest BCUT2D eigenvalue weighted by Gasteiger charge is 2.20. The maximum atomic E-state index is 9.75. The smallest absolute Gasteiger partial charge is 0.418 e. The van der Waals surface area contributed by atoms with Gasteiger partial charge in [-0.1, -0.05) is 13.3 Å². The third kappa shape index (κ3) is 90.9. The largest absolute Gasteiger partial charge is 0.673 e. The van der Waals surface area contributed by atoms with E-state index in [2.05, 4.69) is 19.6 Å². The summed E-state index contributed by atoms with van der Waals surface area (Å²) in [5.74, 6) is 1.15. The molecule has 0 fully saturated rings. The van der Waals surface area contributed by atoms with Gasteiger partial charge < -0.3 is 17.3 Å². The Morgan fingerprint density at radius 1 is 1.20 bits per heavy atom. The summed E-state index contributed by atoms with van der Waals surface area (Å²) in [6.45, 7) is 2.18. The fourth-order valence-electron chi connectivity index (χ4n) is 0.177. The summed E-state index contributed by atoms with van der Waals surface area (Å²) in [5, 5.41) is 0. The van der Waals surface area contributed by atoms with Gasteiger partial charge in [-0.15, -0.1) is 0 Å². The summed E-state index contributed by atoms with van der Waals surface area (Å²) in [6, 6.07) is 0. The van der Waals surface area contributed by atoms with Gasteiger partial charge in [0.25, 0.3) is 0 Å². The topological polar surface area (TPSA) is 0 Å². The Kier molecular flexibility index (Phi) is 9.26. The molecule has 0 unspecified atom stereocenters. The first kappa shape index (κ1) is 12.8. The molecule has 0 heterocycles. The van der Waals surface area contributed by atoms with Crippen molar-refractivity contribution in [3.05, 3.63) is 0 Å². The van der Waals surface area contributed by atoms with E-state index in [1.165, 1.54) is 12.8 Å². The van der Waals surface area contributed by atoms with Gasteiger partial charge in [0.1, 0.15) is 5.75 Å². The molecule has 0 aliphatic heterocycles. The summed E-state index contributed by atoms with van der Waals surface area (Å²) in [6.07, 6.45) is 2.60. The van der Waals surface area contributed by atoms with Gasteiger partial charge in [0.2, 0.25) is 0 Å². The monoisotopic (exact) mass is 178 g/mol. The number of unbranched alkanes of at least 4 members (excludes halogenated alkanes) is 1. The zero-order chi connectivity index (χ0) is 8.62. The zero-order valence-corrected chi connectivity index (χ0v) is 6.71. The van der Waals surface area contributed by atoms with Crippen LogP contribution in [0.4, 0.5) is 17.3 Å². The van der Waals surface area contributed by atoms with E-state index in [-0.39, 0.29) is 0 Å². The van der Waals surface area contributed by atoms with Crippen molar-refractivity contribution >= 4 is 19.9 Å². The molecule has 0 rings (SSSR count). The molecule has 0 radical (unpaired) electrons. The molecule has 0 bridgehead atoms. The molecule has 0 saturated heterocycles. The molecule has 0 nitrogen and oxygen atoms in total. The van der Waals surface area contributed by atoms with Crippen molar-refractivity contribution in [1.29, 1.82) is 0 Å². The van der Waals surface area contributed by atoms with E-state index in [1.807, 2.05) is 0 Å². The first-order chi connectivity index (χ1) is 4.41. The Labute approximate surface area is 63.5 Å². The molecule has 0 aliphatic carbocycles. The standard InChI is InChI=1S/C4H10S.BF4/c1-2-3-4-5;2-1(3,4)5/h5H,2-4H2,1H3;/q;-1/p+1. The quantitative estimate of drug-likeness (QED) is 0.345. The summed E-state index contributed by atoms with van der Waals surface area (Å²) >= 11 is 3.35. The minimum Gasteiger partial charge on any atom is -0.418 e. The van der Waals surface area contributed by atoms with Crippen molar-refractivity contribution in [2.45, 2.75) is 19.8 Å². The lowest BCUT2D eigenvalue weighted by molar-refractivity contribution is 0.368. The van der Waals surface area contributed by atoms with Crippen LogP contribution in [0.3, 0.4) is 0 Å². The zero-order valence-electron chi connectivity index (χ0n) is 5.71. The maximum absolute atomic E-state index is 9.75. The normalized spacial score (nSPS) is 10.2. The Morgan fingerprint density at radius 2 is 1.50 bits per heavy atom. The van der Waals surface area contributed by atoms with Crippen LogP contribution in [0, 0.1) is 0 Å². The van der Waals surface area contributed by atoms with E-state index in [4.69, 9.17) is 0 Å². The van der Waals surface area contributed by atoms with Gasteiger partial charge in [0.15, 0.2) is 0 Å². The number of halogens is 4. The average molecular weight is 178 g/mol. The Hall–Kier alpha value is 0.135. The molecular formula is C4H11BF4S. The van der Waals surface area contributed by atoms with Crippen LogP contribution in [-0.4, -0.2) is 13.0 Å². The number of hydrogen-bond donors (Lipinski definition) is 0. The van der Waals surface area contributed by atoms with E-state index in [1.54, 1.807) is 0 Å². The second kappa shape index (κ2) is 7.24. The fourth-order valence-corrected chi connectivity index (χ4v) is 0.530. The van der Waals surface area contributed by atoms with Crippen LogP contribution in [0.25, 0.3) is 0 Å². The van der Waals surface area contributed by atoms with Crippen molar-refractivity contribution in [1.82, 2.24) is 0 Å². The molecule has 0 amide bonds. The van der Waals surface area contributed by atoms with E-state index in [0.29, 0.717) is 0 Å². The second-order valence-corrected chi connectivity index (χ2v) is 2.10. The van der Waals surface area contributed by atoms with E-state index >= 15 is 0 Å². The molecule has 10 heavy (non-hydrogen) atoms. The van der Waals surface area contributed by atoms with Gasteiger partial charge in [-0.2, -0.15) is 0 Å². The minimum atomic E-state index is -6.00. The van der Waals surface area contributed by atoms with Crippen molar-refractivity contribution in [2.24, 2.45) is 0 Å². The van der Waals surface area contributed by atoms with Crippen molar-refractivity contribution in [3.63, 3.8) is 0 Å². The van der Waals surface area contributed by atoms with Gasteiger partial charge in [0, 0.05) is 0 Å². The Morgan fingerprint density at radius 3 is 1.50 bits per heavy atom. The van der Waals surface area contributed by atoms with Crippen LogP contribution in [0.2, 0.25) is 0 Å². The van der Waals surface area contributed by atoms with Crippen molar-refractivity contribution < 1.29 is 17.3 Å². The molecule has 0 atom stereocenters. The molecule has 0 N–H and O–H groups in total. The molecule has 0 aromatic heterocycles. The fraction of sp³-hybridized carbons (Fsp3) is 1.00. The minimum absolute atomic E-state index is 1.15. The maximum Gasteiger partial charge on any atom is 0.673 e. The van der Waals surface area contributed by atoms with Gasteiger partial charge >= 0.3 is 7.25 Å². The number of hydrogen-bond acceptors (Lipinski definition) is 0. The summed E-state index contributed by atoms with van der Waals surface area (Å²) in [5.41, 5.74) is 0. The lowest BCUT2D eigenvalue weighted by Crippen LogP contribution is -2.02. The molecule has 0 aliphatic rings. The van der Waals surface area contributed by atoms with Crippen molar-refractivity contribution in [2.75, 3.05) is 5.75 Å². The summed E-state index contributed by atoms with van der Waals surface area (Å²) in [7, 11) is -6.00. The molecular weight excluding hydrogens is 167 g/mol. The summed E-state index contributed by atoms with van der Waals surface area (Å²) in [4.78, 5) is 0. The van der Waals surface area contributed by atoms with E-state index in [9.17, 15) is 17.3 Å². The average Bonchev–Trinajstić information content (AvgIpc) is 1.63. The molecule has 0 saturated carbocycles. The molecule has 64 valence electrons. The Balaban J connectivity index is 0. The Bertz CT molecular complexity index is 56.8. The molecule has 0 aromatic carbocycles. The van der Waals surface area contributed by atoms with Crippen LogP contribution >= 0.6 is 0 Å². The molecule has 0 aromatic rings. The van der Waals surface area contributed by atoms with E-state index < -0.39 is 7.25 Å². The highest BCUT2D eigenvalue weighted by Crippen LogP contribution is 2.06. The van der Waals surface area contributed by atoms with Crippen LogP contribution < -0.4 is 0 Å². The highest BCUT2D eigenvalue weighted by molar-refractivity contribution is 7.58. The number of rotatable bonds is 2. The van der Waals surface area contributed by atoms with Crippen LogP contribution in [0.15, 0.2) is 0 Å². The van der Waals surface area contributed by atoms with Crippen LogP contribution in [0.5, 0.6) is 0 Å². The first-order valence-corrected chi connectivity index (χ1v) is 3.64. The van der Waals surface area contributed by atoms with Gasteiger partial charge in [-0.3, -0.25) is 0 Å². The van der Waals surface area contributed by atoms with Gasteiger partial charge in [-0.05, 0) is 19.0 Å². The second-order valence-electron chi connectivity index (χ2n) is 1.60. The van der Waals surface area contributed by atoms with Gasteiger partial charge in [0.05, 0.1) is 0 Å². The van der Waals surface area contributed by atoms with E-state index in [0.717, 1.165) is 5.75 Å². The first-order valence-electron chi connectivity index (χ1n) is 2.93. The molecule has 6 heteroatoms. The lowest BCUT2D eigenvalue weighted by Gasteiger charge is -1.94. The van der Waals surface area contributed by atoms with Crippen molar-refractivity contribution in [3.8, 4) is 0 Å². The molecule has 0 spiro atoms. The lowest BCUT2D eigenvalue weighted by atomic mass is 10.3. The third-order valence-electron chi connectivity index (χ3n) is 0.530. The van der Waals surface area contributed by atoms with Gasteiger partial charge in [-0.25, -0.2) is 0 Å². The third-order valence-corrected chi connectivity index (χ3v) is 0.884. The van der Waals surface area contributed by atoms with Crippen LogP contribution in [-0.2, 0) is 12.6 Å². The predicted molar refractivity (Wildman–Crippen MR) is 40.1 cm³/mol. The predicted octanol–water partition coefficient (Wildman–Crippen LogP) is 2.10. The summed E-state index contributed by atoms with van der Waals surface area (Å²) < 4.78 is 39.0. The SMILES string of the molecule is CCCC[SH2+].F[B-](F)(F)F.